The van der Waals surface area contributed by atoms with Gasteiger partial charge in [-0.05, 0) is 35.8 Å². The number of para-hydroxylation sites is 1. The number of hydrogen-bond donors (Lipinski definition) is 2. The molecule has 1 aromatic carbocycles. The van der Waals surface area contributed by atoms with Crippen LogP contribution in [0.5, 0.6) is 0 Å². The second kappa shape index (κ2) is 7.55. The highest BCUT2D eigenvalue weighted by atomic mass is 32.1. The summed E-state index contributed by atoms with van der Waals surface area (Å²) in [4.78, 5) is 33.4. The number of amides is 1. The zero-order chi connectivity index (χ0) is 18.8. The lowest BCUT2D eigenvalue weighted by molar-refractivity contribution is -0.116. The summed E-state index contributed by atoms with van der Waals surface area (Å²) < 4.78 is 1.72. The smallest absolute Gasteiger partial charge is 0.262 e. The molecule has 4 aromatic rings. The van der Waals surface area contributed by atoms with Crippen molar-refractivity contribution in [3.63, 3.8) is 0 Å². The standard InChI is InChI=1S/C18H14N4O2S3/c23-15(21-17-19-13(10-27-17)14-6-3-9-26-14)7-8-22-16(24)11-4-1-2-5-12(11)20-18(22)25/h1-6,9-10H,7-8H2,(H,20,25)(H,19,21,23). The molecule has 0 aliphatic rings. The number of carbonyl (C=O) groups excluding carboxylic acids is 1. The van der Waals surface area contributed by atoms with Crippen LogP contribution < -0.4 is 10.9 Å². The second-order valence-corrected chi connectivity index (χ2v) is 7.94. The quantitative estimate of drug-likeness (QED) is 0.478. The average molecular weight is 415 g/mol. The minimum Gasteiger partial charge on any atom is -0.332 e. The minimum atomic E-state index is -0.212. The van der Waals surface area contributed by atoms with Gasteiger partial charge in [0.1, 0.15) is 0 Å². The Morgan fingerprint density at radius 3 is 2.89 bits per heavy atom. The van der Waals surface area contributed by atoms with Gasteiger partial charge in [0, 0.05) is 18.3 Å². The molecule has 0 saturated heterocycles. The number of hydrogen-bond acceptors (Lipinski definition) is 6. The second-order valence-electron chi connectivity index (χ2n) is 5.75. The van der Waals surface area contributed by atoms with Crippen LogP contribution in [0.15, 0.2) is 52.0 Å². The third-order valence-electron chi connectivity index (χ3n) is 3.98. The van der Waals surface area contributed by atoms with Crippen LogP contribution in [-0.4, -0.2) is 20.4 Å². The molecule has 0 bridgehead atoms. The molecule has 1 amide bonds. The van der Waals surface area contributed by atoms with Gasteiger partial charge in [0.05, 0.1) is 21.5 Å². The monoisotopic (exact) mass is 414 g/mol. The van der Waals surface area contributed by atoms with Crippen LogP contribution in [0, 0.1) is 4.77 Å². The predicted octanol–water partition coefficient (Wildman–Crippen LogP) is 4.27. The lowest BCUT2D eigenvalue weighted by Gasteiger charge is -2.07. The van der Waals surface area contributed by atoms with Gasteiger partial charge in [0.15, 0.2) is 9.90 Å². The van der Waals surface area contributed by atoms with Gasteiger partial charge in [-0.3, -0.25) is 14.2 Å². The van der Waals surface area contributed by atoms with Crippen LogP contribution in [0.1, 0.15) is 6.42 Å². The Balaban J connectivity index is 1.46. The van der Waals surface area contributed by atoms with E-state index in [0.29, 0.717) is 20.8 Å². The fraction of sp³-hybridized carbons (Fsp3) is 0.111. The topological polar surface area (TPSA) is 79.8 Å². The third kappa shape index (κ3) is 3.75. The summed E-state index contributed by atoms with van der Waals surface area (Å²) in [5.41, 5.74) is 1.34. The maximum atomic E-state index is 12.6. The molecule has 0 saturated carbocycles. The molecule has 0 atom stereocenters. The van der Waals surface area contributed by atoms with Crippen molar-refractivity contribution < 1.29 is 4.79 Å². The average Bonchev–Trinajstić information content (AvgIpc) is 3.33. The number of aromatic amines is 1. The van der Waals surface area contributed by atoms with E-state index in [2.05, 4.69) is 15.3 Å². The van der Waals surface area contributed by atoms with E-state index in [1.54, 1.807) is 29.5 Å². The molecule has 0 fully saturated rings. The first-order valence-corrected chi connectivity index (χ1v) is 10.3. The zero-order valence-corrected chi connectivity index (χ0v) is 16.4. The highest BCUT2D eigenvalue weighted by molar-refractivity contribution is 7.71. The summed E-state index contributed by atoms with van der Waals surface area (Å²) in [6.07, 6.45) is 0.129. The molecule has 27 heavy (non-hydrogen) atoms. The molecule has 3 aromatic heterocycles. The van der Waals surface area contributed by atoms with E-state index in [1.807, 2.05) is 29.0 Å². The molecule has 0 unspecified atom stereocenters. The molecular formula is C18H14N4O2S3. The van der Waals surface area contributed by atoms with Crippen molar-refractivity contribution in [1.29, 1.82) is 0 Å². The van der Waals surface area contributed by atoms with E-state index in [4.69, 9.17) is 12.2 Å². The Labute approximate surface area is 167 Å². The molecule has 6 nitrogen and oxygen atoms in total. The summed E-state index contributed by atoms with van der Waals surface area (Å²) in [7, 11) is 0. The largest absolute Gasteiger partial charge is 0.332 e. The first-order valence-electron chi connectivity index (χ1n) is 8.13. The number of carbonyl (C=O) groups is 1. The number of aromatic nitrogens is 3. The Kier molecular flexibility index (Phi) is 4.97. The molecule has 0 aliphatic carbocycles. The van der Waals surface area contributed by atoms with Crippen LogP contribution in [0.3, 0.4) is 0 Å². The molecule has 0 spiro atoms. The Bertz CT molecular complexity index is 1220. The maximum absolute atomic E-state index is 12.6. The Morgan fingerprint density at radius 2 is 2.07 bits per heavy atom. The van der Waals surface area contributed by atoms with Gasteiger partial charge in [0.25, 0.3) is 5.56 Å². The van der Waals surface area contributed by atoms with Gasteiger partial charge < -0.3 is 10.3 Å². The van der Waals surface area contributed by atoms with Gasteiger partial charge >= 0.3 is 0 Å². The molecular weight excluding hydrogens is 400 g/mol. The third-order valence-corrected chi connectivity index (χ3v) is 5.95. The van der Waals surface area contributed by atoms with E-state index >= 15 is 0 Å². The summed E-state index contributed by atoms with van der Waals surface area (Å²) >= 11 is 8.24. The van der Waals surface area contributed by atoms with Crippen molar-refractivity contribution >= 4 is 56.8 Å². The number of fused-ring (bicyclic) bond motifs is 1. The fourth-order valence-electron chi connectivity index (χ4n) is 2.67. The van der Waals surface area contributed by atoms with Crippen molar-refractivity contribution in [3.8, 4) is 10.6 Å². The summed E-state index contributed by atoms with van der Waals surface area (Å²) in [6.45, 7) is 0.202. The SMILES string of the molecule is O=C(CCn1c(=S)[nH]c2ccccc2c1=O)Nc1nc(-c2cccs2)cs1. The van der Waals surface area contributed by atoms with Gasteiger partial charge in [0.2, 0.25) is 5.91 Å². The van der Waals surface area contributed by atoms with Gasteiger partial charge in [-0.15, -0.1) is 22.7 Å². The first-order chi connectivity index (χ1) is 13.1. The van der Waals surface area contributed by atoms with Crippen LogP contribution >= 0.6 is 34.9 Å². The highest BCUT2D eigenvalue weighted by Gasteiger charge is 2.11. The molecule has 136 valence electrons. The van der Waals surface area contributed by atoms with Crippen LogP contribution in [0.4, 0.5) is 5.13 Å². The van der Waals surface area contributed by atoms with Gasteiger partial charge in [-0.2, -0.15) is 0 Å². The number of rotatable bonds is 5. The zero-order valence-electron chi connectivity index (χ0n) is 14.0. The van der Waals surface area contributed by atoms with Crippen molar-refractivity contribution in [1.82, 2.24) is 14.5 Å². The van der Waals surface area contributed by atoms with E-state index < -0.39 is 0 Å². The van der Waals surface area contributed by atoms with Crippen LogP contribution in [0.2, 0.25) is 0 Å². The molecule has 3 heterocycles. The fourth-order valence-corrected chi connectivity index (χ4v) is 4.44. The summed E-state index contributed by atoms with van der Waals surface area (Å²) in [5, 5.41) is 7.77. The van der Waals surface area contributed by atoms with Crippen LogP contribution in [0.25, 0.3) is 21.5 Å². The van der Waals surface area contributed by atoms with E-state index in [1.165, 1.54) is 15.9 Å². The highest BCUT2D eigenvalue weighted by Crippen LogP contribution is 2.28. The molecule has 2 N–H and O–H groups in total. The van der Waals surface area contributed by atoms with Crippen molar-refractivity contribution in [2.75, 3.05) is 5.32 Å². The van der Waals surface area contributed by atoms with E-state index in [-0.39, 0.29) is 24.4 Å². The van der Waals surface area contributed by atoms with E-state index in [9.17, 15) is 9.59 Å². The lowest BCUT2D eigenvalue weighted by Crippen LogP contribution is -2.25. The summed E-state index contributed by atoms with van der Waals surface area (Å²) in [5.74, 6) is -0.212. The van der Waals surface area contributed by atoms with Gasteiger partial charge in [-0.25, -0.2) is 4.98 Å². The molecule has 9 heteroatoms. The number of benzene rings is 1. The first kappa shape index (κ1) is 17.8. The minimum absolute atomic E-state index is 0.129. The number of thiophene rings is 1. The lowest BCUT2D eigenvalue weighted by atomic mass is 10.2. The number of thiazole rings is 1. The number of anilines is 1. The van der Waals surface area contributed by atoms with Crippen molar-refractivity contribution in [2.24, 2.45) is 0 Å². The number of H-pyrrole nitrogens is 1. The molecule has 0 aliphatic heterocycles. The van der Waals surface area contributed by atoms with Crippen LogP contribution in [-0.2, 0) is 11.3 Å². The van der Waals surface area contributed by atoms with Gasteiger partial charge in [-0.1, -0.05) is 18.2 Å². The Morgan fingerprint density at radius 1 is 1.22 bits per heavy atom. The summed E-state index contributed by atoms with van der Waals surface area (Å²) in [6, 6.07) is 11.1. The molecule has 0 radical (unpaired) electrons. The number of nitrogens with one attached hydrogen (secondary N) is 2. The number of nitrogens with zero attached hydrogens (tertiary/aromatic N) is 2. The normalized spacial score (nSPS) is 11.0. The molecule has 4 rings (SSSR count). The maximum Gasteiger partial charge on any atom is 0.262 e. The predicted molar refractivity (Wildman–Crippen MR) is 112 cm³/mol. The van der Waals surface area contributed by atoms with Crippen molar-refractivity contribution in [3.05, 3.63) is 62.3 Å². The van der Waals surface area contributed by atoms with E-state index in [0.717, 1.165) is 10.6 Å². The van der Waals surface area contributed by atoms with Crippen molar-refractivity contribution in [2.45, 2.75) is 13.0 Å². The Hall–Kier alpha value is -2.62.